The molecule has 34 heavy (non-hydrogen) atoms. The second-order valence-corrected chi connectivity index (χ2v) is 9.71. The first-order valence-corrected chi connectivity index (χ1v) is 12.1. The predicted molar refractivity (Wildman–Crippen MR) is 131 cm³/mol. The van der Waals surface area contributed by atoms with Gasteiger partial charge >= 0.3 is 6.36 Å². The van der Waals surface area contributed by atoms with Crippen molar-refractivity contribution in [1.82, 2.24) is 10.6 Å². The third kappa shape index (κ3) is 5.84. The molecule has 2 aromatic rings. The second-order valence-electron chi connectivity index (χ2n) is 8.79. The Morgan fingerprint density at radius 2 is 1.88 bits per heavy atom. The summed E-state index contributed by atoms with van der Waals surface area (Å²) in [6.45, 7) is 0.565. The summed E-state index contributed by atoms with van der Waals surface area (Å²) in [5.74, 6) is 0.0353. The Bertz CT molecular complexity index is 1040. The highest BCUT2D eigenvalue weighted by atomic mass is 79.9. The van der Waals surface area contributed by atoms with E-state index in [1.807, 2.05) is 24.3 Å². The van der Waals surface area contributed by atoms with Crippen molar-refractivity contribution in [2.45, 2.75) is 50.3 Å². The molecule has 1 atom stereocenters. The topological polar surface area (TPSA) is 83.7 Å². The van der Waals surface area contributed by atoms with Crippen LogP contribution >= 0.6 is 15.9 Å². The third-order valence-electron chi connectivity index (χ3n) is 6.53. The number of nitrogens with two attached hydrogens (primary N) is 1. The van der Waals surface area contributed by atoms with E-state index in [-0.39, 0.29) is 17.7 Å². The fourth-order valence-electron chi connectivity index (χ4n) is 4.81. The molecule has 0 bridgehead atoms. The molecule has 6 nitrogen and oxygen atoms in total. The van der Waals surface area contributed by atoms with Crippen molar-refractivity contribution in [1.29, 1.82) is 0 Å². The Labute approximate surface area is 205 Å². The highest BCUT2D eigenvalue weighted by Gasteiger charge is 2.41. The molecule has 0 saturated heterocycles. The van der Waals surface area contributed by atoms with Gasteiger partial charge in [0.05, 0.1) is 0 Å². The molecule has 1 unspecified atom stereocenters. The van der Waals surface area contributed by atoms with Crippen LogP contribution < -0.4 is 26.4 Å². The second kappa shape index (κ2) is 10.1. The lowest BCUT2D eigenvalue weighted by Gasteiger charge is -2.46. The van der Waals surface area contributed by atoms with E-state index < -0.39 is 12.1 Å². The summed E-state index contributed by atoms with van der Waals surface area (Å²) in [6, 6.07) is 13.0. The quantitative estimate of drug-likeness (QED) is 0.426. The average Bonchev–Trinajstić information content (AvgIpc) is 2.79. The van der Waals surface area contributed by atoms with Gasteiger partial charge in [-0.2, -0.15) is 0 Å². The van der Waals surface area contributed by atoms with E-state index in [1.54, 1.807) is 19.2 Å². The molecule has 0 radical (unpaired) electrons. The fraction of sp³-hybridized carbons (Fsp3) is 0.458. The maximum absolute atomic E-state index is 12.7. The van der Waals surface area contributed by atoms with Crippen LogP contribution in [0.1, 0.15) is 36.8 Å². The molecule has 0 aromatic heterocycles. The Kier molecular flexibility index (Phi) is 7.39. The van der Waals surface area contributed by atoms with Crippen molar-refractivity contribution in [3.63, 3.8) is 0 Å². The number of amidine groups is 1. The van der Waals surface area contributed by atoms with Gasteiger partial charge in [-0.15, -0.1) is 13.2 Å². The van der Waals surface area contributed by atoms with Gasteiger partial charge in [-0.25, -0.2) is 0 Å². The summed E-state index contributed by atoms with van der Waals surface area (Å²) in [6.07, 6.45) is -0.597. The molecule has 10 heteroatoms. The number of hydrogen-bond acceptors (Lipinski definition) is 5. The Morgan fingerprint density at radius 1 is 1.15 bits per heavy atom. The Balaban J connectivity index is 1.31. The molecule has 5 N–H and O–H groups in total. The van der Waals surface area contributed by atoms with Crippen molar-refractivity contribution in [3.8, 4) is 5.75 Å². The van der Waals surface area contributed by atoms with Gasteiger partial charge in [0, 0.05) is 34.7 Å². The van der Waals surface area contributed by atoms with Crippen LogP contribution in [0.15, 0.2) is 51.9 Å². The number of nitrogens with zero attached hydrogens (tertiary/aromatic N) is 1. The minimum absolute atomic E-state index is 0.166. The summed E-state index contributed by atoms with van der Waals surface area (Å²) in [7, 11) is 1.75. The van der Waals surface area contributed by atoms with E-state index in [0.29, 0.717) is 23.0 Å². The summed E-state index contributed by atoms with van der Waals surface area (Å²) < 4.78 is 42.9. The van der Waals surface area contributed by atoms with Gasteiger partial charge < -0.3 is 20.7 Å². The van der Waals surface area contributed by atoms with Gasteiger partial charge in [0.25, 0.3) is 0 Å². The zero-order valence-electron chi connectivity index (χ0n) is 18.9. The lowest BCUT2D eigenvalue weighted by Crippen LogP contribution is -2.69. The van der Waals surface area contributed by atoms with Crippen LogP contribution in [0.2, 0.25) is 0 Å². The number of ether oxygens (including phenoxy) is 1. The van der Waals surface area contributed by atoms with Crippen LogP contribution in [0, 0.1) is 5.92 Å². The zero-order valence-corrected chi connectivity index (χ0v) is 20.5. The molecule has 4 rings (SSSR count). The van der Waals surface area contributed by atoms with Crippen LogP contribution in [-0.4, -0.2) is 37.6 Å². The van der Waals surface area contributed by atoms with Crippen LogP contribution in [-0.2, 0) is 6.42 Å². The first kappa shape index (κ1) is 24.8. The van der Waals surface area contributed by atoms with Crippen molar-refractivity contribution in [2.75, 3.05) is 18.9 Å². The number of hydrogen-bond donors (Lipinski definition) is 4. The summed E-state index contributed by atoms with van der Waals surface area (Å²) in [4.78, 5) is 4.39. The predicted octanol–water partition coefficient (Wildman–Crippen LogP) is 4.74. The van der Waals surface area contributed by atoms with Crippen molar-refractivity contribution in [3.05, 3.63) is 58.1 Å². The first-order chi connectivity index (χ1) is 16.2. The number of nitrogens with one attached hydrogen (secondary N) is 3. The number of alkyl halides is 3. The molecule has 2 aromatic carbocycles. The molecule has 184 valence electrons. The van der Waals surface area contributed by atoms with E-state index >= 15 is 0 Å². The molecule has 0 spiro atoms. The van der Waals surface area contributed by atoms with Gasteiger partial charge in [0.15, 0.2) is 5.79 Å². The number of fused-ring (bicyclic) bond motifs is 1. The SMILES string of the molecule is CN=C1NC(N)(C2CCC(NCCc3ccc(Br)cc3OC(F)(F)F)CC2)Nc2ccccc21. The Hall–Kier alpha value is -2.30. The third-order valence-corrected chi connectivity index (χ3v) is 7.02. The van der Waals surface area contributed by atoms with E-state index in [4.69, 9.17) is 5.73 Å². The smallest absolute Gasteiger partial charge is 0.405 e. The largest absolute Gasteiger partial charge is 0.573 e. The van der Waals surface area contributed by atoms with E-state index in [1.165, 1.54) is 6.07 Å². The first-order valence-electron chi connectivity index (χ1n) is 11.4. The Morgan fingerprint density at radius 3 is 2.59 bits per heavy atom. The van der Waals surface area contributed by atoms with E-state index in [2.05, 4.69) is 41.6 Å². The fourth-order valence-corrected chi connectivity index (χ4v) is 5.15. The van der Waals surface area contributed by atoms with Gasteiger partial charge in [-0.1, -0.05) is 34.1 Å². The number of aliphatic imine (C=N–C) groups is 1. The molecule has 1 aliphatic carbocycles. The summed E-state index contributed by atoms with van der Waals surface area (Å²) >= 11 is 3.20. The van der Waals surface area contributed by atoms with Crippen LogP contribution in [0.3, 0.4) is 0 Å². The number of rotatable bonds is 6. The minimum Gasteiger partial charge on any atom is -0.405 e. The molecule has 1 fully saturated rings. The van der Waals surface area contributed by atoms with Gasteiger partial charge in [-0.05, 0) is 68.5 Å². The normalized spacial score (nSPS) is 25.9. The maximum Gasteiger partial charge on any atom is 0.573 e. The van der Waals surface area contributed by atoms with Crippen LogP contribution in [0.4, 0.5) is 18.9 Å². The maximum atomic E-state index is 12.7. The van der Waals surface area contributed by atoms with Crippen molar-refractivity contribution in [2.24, 2.45) is 16.6 Å². The summed E-state index contributed by atoms with van der Waals surface area (Å²) in [5, 5.41) is 10.4. The highest BCUT2D eigenvalue weighted by molar-refractivity contribution is 9.10. The molecule has 1 saturated carbocycles. The lowest BCUT2D eigenvalue weighted by atomic mass is 9.80. The highest BCUT2D eigenvalue weighted by Crippen LogP contribution is 2.35. The molecular formula is C24H29BrF3N5O. The van der Waals surface area contributed by atoms with Gasteiger partial charge in [-0.3, -0.25) is 10.7 Å². The average molecular weight is 540 g/mol. The van der Waals surface area contributed by atoms with Crippen LogP contribution in [0.25, 0.3) is 0 Å². The van der Waals surface area contributed by atoms with Crippen molar-refractivity contribution < 1.29 is 17.9 Å². The standard InChI is InChI=1S/C24H29BrF3N5O/c1-30-22-19-4-2-3-5-20(19)32-23(29,33-22)16-7-10-18(11-8-16)31-13-12-15-6-9-17(25)14-21(15)34-24(26,27)28/h2-6,9,14,16,18,31-32H,7-8,10-13,29H2,1H3,(H,30,33). The van der Waals surface area contributed by atoms with E-state index in [9.17, 15) is 13.2 Å². The molecule has 1 aliphatic heterocycles. The number of anilines is 1. The monoisotopic (exact) mass is 539 g/mol. The lowest BCUT2D eigenvalue weighted by molar-refractivity contribution is -0.274. The van der Waals surface area contributed by atoms with Gasteiger partial charge in [0.1, 0.15) is 11.6 Å². The molecule has 1 heterocycles. The molecular weight excluding hydrogens is 511 g/mol. The van der Waals surface area contributed by atoms with Gasteiger partial charge in [0.2, 0.25) is 0 Å². The van der Waals surface area contributed by atoms with E-state index in [0.717, 1.165) is 42.8 Å². The number of halogens is 4. The van der Waals surface area contributed by atoms with Crippen molar-refractivity contribution >= 4 is 27.5 Å². The number of para-hydroxylation sites is 1. The number of benzene rings is 2. The zero-order chi connectivity index (χ0) is 24.3. The summed E-state index contributed by atoms with van der Waals surface area (Å²) in [5.41, 5.74) is 9.27. The molecule has 0 amide bonds. The minimum atomic E-state index is -4.72. The molecule has 2 aliphatic rings. The van der Waals surface area contributed by atoms with Crippen LogP contribution in [0.5, 0.6) is 5.75 Å².